The SMILES string of the molecule is C=C(OC(=O)N(CC)CC)C(=O)OCC. The van der Waals surface area contributed by atoms with Gasteiger partial charge >= 0.3 is 12.1 Å². The highest BCUT2D eigenvalue weighted by molar-refractivity contribution is 5.88. The summed E-state index contributed by atoms with van der Waals surface area (Å²) >= 11 is 0. The minimum Gasteiger partial charge on any atom is -0.460 e. The lowest BCUT2D eigenvalue weighted by Crippen LogP contribution is -2.31. The molecule has 0 aliphatic rings. The second-order valence-electron chi connectivity index (χ2n) is 2.68. The van der Waals surface area contributed by atoms with Crippen LogP contribution in [-0.2, 0) is 14.3 Å². The lowest BCUT2D eigenvalue weighted by atomic mass is 10.5. The third-order valence-electron chi connectivity index (χ3n) is 1.74. The molecule has 0 atom stereocenters. The molecule has 5 nitrogen and oxygen atoms in total. The maximum Gasteiger partial charge on any atom is 0.415 e. The van der Waals surface area contributed by atoms with E-state index >= 15 is 0 Å². The van der Waals surface area contributed by atoms with Crippen molar-refractivity contribution in [2.24, 2.45) is 0 Å². The van der Waals surface area contributed by atoms with Crippen molar-refractivity contribution in [1.29, 1.82) is 0 Å². The van der Waals surface area contributed by atoms with E-state index in [4.69, 9.17) is 4.74 Å². The molecule has 0 heterocycles. The van der Waals surface area contributed by atoms with Gasteiger partial charge in [0, 0.05) is 13.1 Å². The highest BCUT2D eigenvalue weighted by Gasteiger charge is 2.17. The van der Waals surface area contributed by atoms with Gasteiger partial charge in [-0.1, -0.05) is 0 Å². The van der Waals surface area contributed by atoms with E-state index in [9.17, 15) is 9.59 Å². The number of hydrogen-bond donors (Lipinski definition) is 0. The van der Waals surface area contributed by atoms with E-state index in [1.165, 1.54) is 4.90 Å². The Morgan fingerprint density at radius 2 is 1.73 bits per heavy atom. The van der Waals surface area contributed by atoms with E-state index in [0.717, 1.165) is 0 Å². The van der Waals surface area contributed by atoms with Gasteiger partial charge in [-0.05, 0) is 27.4 Å². The van der Waals surface area contributed by atoms with Gasteiger partial charge in [-0.25, -0.2) is 9.59 Å². The molecule has 0 saturated carbocycles. The van der Waals surface area contributed by atoms with Gasteiger partial charge in [0.25, 0.3) is 0 Å². The summed E-state index contributed by atoms with van der Waals surface area (Å²) in [6, 6.07) is 0. The predicted octanol–water partition coefficient (Wildman–Crippen LogP) is 1.54. The van der Waals surface area contributed by atoms with Crippen molar-refractivity contribution in [3.05, 3.63) is 12.3 Å². The number of amides is 1. The lowest BCUT2D eigenvalue weighted by molar-refractivity contribution is -0.141. The van der Waals surface area contributed by atoms with Crippen LogP contribution in [0.3, 0.4) is 0 Å². The van der Waals surface area contributed by atoms with Crippen LogP contribution in [0.25, 0.3) is 0 Å². The summed E-state index contributed by atoms with van der Waals surface area (Å²) in [5.41, 5.74) is 0. The molecule has 0 saturated heterocycles. The molecule has 5 heteroatoms. The van der Waals surface area contributed by atoms with Gasteiger partial charge in [-0.15, -0.1) is 0 Å². The molecule has 1 amide bonds. The second-order valence-corrected chi connectivity index (χ2v) is 2.68. The van der Waals surface area contributed by atoms with Gasteiger partial charge in [0.05, 0.1) is 6.61 Å². The number of esters is 1. The molecule has 86 valence electrons. The predicted molar refractivity (Wildman–Crippen MR) is 55.2 cm³/mol. The van der Waals surface area contributed by atoms with Crippen LogP contribution in [0.15, 0.2) is 12.3 Å². The Hall–Kier alpha value is -1.52. The zero-order valence-electron chi connectivity index (χ0n) is 9.41. The van der Waals surface area contributed by atoms with E-state index in [1.807, 2.05) is 13.8 Å². The van der Waals surface area contributed by atoms with Gasteiger partial charge in [0.15, 0.2) is 0 Å². The third kappa shape index (κ3) is 4.49. The molecule has 0 N–H and O–H groups in total. The topological polar surface area (TPSA) is 55.8 Å². The molecule has 0 aromatic heterocycles. The lowest BCUT2D eigenvalue weighted by Gasteiger charge is -2.17. The molecule has 0 aliphatic heterocycles. The van der Waals surface area contributed by atoms with Crippen molar-refractivity contribution < 1.29 is 19.1 Å². The second kappa shape index (κ2) is 6.86. The van der Waals surface area contributed by atoms with Crippen LogP contribution < -0.4 is 0 Å². The molecule has 0 radical (unpaired) electrons. The smallest absolute Gasteiger partial charge is 0.415 e. The van der Waals surface area contributed by atoms with Gasteiger partial charge in [-0.3, -0.25) is 0 Å². The summed E-state index contributed by atoms with van der Waals surface area (Å²) in [4.78, 5) is 23.9. The molecule has 0 aromatic rings. The first-order valence-corrected chi connectivity index (χ1v) is 4.89. The summed E-state index contributed by atoms with van der Waals surface area (Å²) in [5.74, 6) is -0.994. The number of carbonyl (C=O) groups excluding carboxylic acids is 2. The highest BCUT2D eigenvalue weighted by Crippen LogP contribution is 2.02. The van der Waals surface area contributed by atoms with E-state index in [0.29, 0.717) is 13.1 Å². The van der Waals surface area contributed by atoms with Crippen LogP contribution in [0.4, 0.5) is 4.79 Å². The maximum atomic E-state index is 11.4. The normalized spacial score (nSPS) is 9.27. The van der Waals surface area contributed by atoms with Gasteiger partial charge < -0.3 is 14.4 Å². The van der Waals surface area contributed by atoms with Crippen molar-refractivity contribution in [3.8, 4) is 0 Å². The van der Waals surface area contributed by atoms with Gasteiger partial charge in [-0.2, -0.15) is 0 Å². The summed E-state index contributed by atoms with van der Waals surface area (Å²) in [6.45, 7) is 9.88. The summed E-state index contributed by atoms with van der Waals surface area (Å²) in [5, 5.41) is 0. The molecule has 0 fully saturated rings. The van der Waals surface area contributed by atoms with Crippen molar-refractivity contribution in [2.45, 2.75) is 20.8 Å². The van der Waals surface area contributed by atoms with Crippen molar-refractivity contribution in [2.75, 3.05) is 19.7 Å². The molecule has 0 bridgehead atoms. The number of carbonyl (C=O) groups is 2. The third-order valence-corrected chi connectivity index (χ3v) is 1.74. The average Bonchev–Trinajstić information content (AvgIpc) is 2.19. The Bertz CT molecular complexity index is 246. The minimum atomic E-state index is -0.710. The van der Waals surface area contributed by atoms with Crippen molar-refractivity contribution in [1.82, 2.24) is 4.90 Å². The standard InChI is InChI=1S/C10H17NO4/c1-5-11(6-2)10(13)15-8(4)9(12)14-7-3/h4-7H2,1-3H3. The molecule has 0 aromatic carbocycles. The molecular formula is C10H17NO4. The monoisotopic (exact) mass is 215 g/mol. The Morgan fingerprint density at radius 3 is 2.13 bits per heavy atom. The summed E-state index contributed by atoms with van der Waals surface area (Å²) in [7, 11) is 0. The van der Waals surface area contributed by atoms with Gasteiger partial charge in [0.1, 0.15) is 0 Å². The first-order valence-electron chi connectivity index (χ1n) is 4.89. The van der Waals surface area contributed by atoms with Crippen molar-refractivity contribution in [3.63, 3.8) is 0 Å². The Kier molecular flexibility index (Phi) is 6.17. The fraction of sp³-hybridized carbons (Fsp3) is 0.600. The van der Waals surface area contributed by atoms with Crippen LogP contribution >= 0.6 is 0 Å². The Balaban J connectivity index is 4.17. The quantitative estimate of drug-likeness (QED) is 0.396. The number of nitrogens with zero attached hydrogens (tertiary/aromatic N) is 1. The molecule has 0 spiro atoms. The van der Waals surface area contributed by atoms with Crippen LogP contribution in [0.5, 0.6) is 0 Å². The zero-order valence-corrected chi connectivity index (χ0v) is 9.41. The molecule has 15 heavy (non-hydrogen) atoms. The van der Waals surface area contributed by atoms with E-state index < -0.39 is 12.1 Å². The fourth-order valence-electron chi connectivity index (χ4n) is 0.905. The molecular weight excluding hydrogens is 198 g/mol. The summed E-state index contributed by atoms with van der Waals surface area (Å²) in [6.07, 6.45) is -0.585. The van der Waals surface area contributed by atoms with Crippen LogP contribution in [0, 0.1) is 0 Å². The van der Waals surface area contributed by atoms with E-state index in [2.05, 4.69) is 11.3 Å². The number of hydrogen-bond acceptors (Lipinski definition) is 4. The van der Waals surface area contributed by atoms with E-state index in [1.54, 1.807) is 6.92 Å². The molecule has 0 aliphatic carbocycles. The Morgan fingerprint density at radius 1 is 1.20 bits per heavy atom. The van der Waals surface area contributed by atoms with Gasteiger partial charge in [0.2, 0.25) is 5.76 Å². The largest absolute Gasteiger partial charge is 0.460 e. The number of rotatable bonds is 5. The fourth-order valence-corrected chi connectivity index (χ4v) is 0.905. The highest BCUT2D eigenvalue weighted by atomic mass is 16.6. The maximum absolute atomic E-state index is 11.4. The Labute approximate surface area is 89.6 Å². The van der Waals surface area contributed by atoms with E-state index in [-0.39, 0.29) is 12.4 Å². The van der Waals surface area contributed by atoms with Crippen molar-refractivity contribution >= 4 is 12.1 Å². The zero-order chi connectivity index (χ0) is 11.8. The van der Waals surface area contributed by atoms with Crippen LogP contribution in [0.1, 0.15) is 20.8 Å². The molecule has 0 rings (SSSR count). The summed E-state index contributed by atoms with van der Waals surface area (Å²) < 4.78 is 9.34. The van der Waals surface area contributed by atoms with Crippen LogP contribution in [-0.4, -0.2) is 36.7 Å². The van der Waals surface area contributed by atoms with Crippen LogP contribution in [0.2, 0.25) is 0 Å². The minimum absolute atomic E-state index is 0.223. The average molecular weight is 215 g/mol. The first kappa shape index (κ1) is 13.5. The first-order chi connectivity index (χ1) is 7.06. The molecule has 0 unspecified atom stereocenters. The number of ether oxygens (including phenoxy) is 2.